The van der Waals surface area contributed by atoms with Gasteiger partial charge in [-0.2, -0.15) is 0 Å². The number of aldehydes is 1. The first kappa shape index (κ1) is 10.4. The van der Waals surface area contributed by atoms with Crippen LogP contribution >= 0.6 is 0 Å². The number of halogens is 2. The van der Waals surface area contributed by atoms with E-state index in [9.17, 15) is 13.6 Å². The maximum absolute atomic E-state index is 12.7. The van der Waals surface area contributed by atoms with Gasteiger partial charge in [-0.15, -0.1) is 0 Å². The van der Waals surface area contributed by atoms with Gasteiger partial charge in [0.25, 0.3) is 0 Å². The van der Waals surface area contributed by atoms with E-state index in [0.717, 1.165) is 12.1 Å². The Labute approximate surface area is 80.0 Å². The van der Waals surface area contributed by atoms with Crippen molar-refractivity contribution < 1.29 is 13.6 Å². The van der Waals surface area contributed by atoms with Crippen molar-refractivity contribution in [1.82, 2.24) is 0 Å². The molecule has 14 heavy (non-hydrogen) atoms. The van der Waals surface area contributed by atoms with Crippen LogP contribution in [0.2, 0.25) is 0 Å². The first-order chi connectivity index (χ1) is 6.65. The number of allylic oxidation sites excluding steroid dienone is 1. The third-order valence-electron chi connectivity index (χ3n) is 1.66. The Balaban J connectivity index is 2.97. The molecule has 0 aromatic heterocycles. The number of nitrogen functional groups attached to an aromatic ring is 1. The number of nitrogens with two attached hydrogens (primary N) is 1. The quantitative estimate of drug-likeness (QED) is 0.596. The number of carbonyl (C=O) groups excluding carboxylic acids is 1. The van der Waals surface area contributed by atoms with Crippen molar-refractivity contribution in [3.8, 4) is 0 Å². The van der Waals surface area contributed by atoms with Gasteiger partial charge in [-0.1, -0.05) is 12.2 Å². The van der Waals surface area contributed by atoms with E-state index in [1.165, 1.54) is 12.2 Å². The summed E-state index contributed by atoms with van der Waals surface area (Å²) in [5.74, 6) is -1.93. The molecule has 4 heteroatoms. The summed E-state index contributed by atoms with van der Waals surface area (Å²) in [6.07, 6.45) is 3.92. The molecule has 0 aliphatic rings. The second-order valence-electron chi connectivity index (χ2n) is 2.70. The van der Waals surface area contributed by atoms with Crippen molar-refractivity contribution in [1.29, 1.82) is 0 Å². The van der Waals surface area contributed by atoms with Crippen LogP contribution in [0.25, 0.3) is 6.08 Å². The van der Waals surface area contributed by atoms with E-state index in [2.05, 4.69) is 0 Å². The van der Waals surface area contributed by atoms with Gasteiger partial charge in [0.2, 0.25) is 0 Å². The molecule has 0 aliphatic carbocycles. The van der Waals surface area contributed by atoms with E-state index in [-0.39, 0.29) is 12.1 Å². The zero-order valence-corrected chi connectivity index (χ0v) is 7.34. The highest BCUT2D eigenvalue weighted by Gasteiger charge is 2.04. The zero-order valence-electron chi connectivity index (χ0n) is 7.34. The Bertz CT molecular complexity index is 375. The monoisotopic (exact) mass is 197 g/mol. The van der Waals surface area contributed by atoms with Gasteiger partial charge >= 0.3 is 0 Å². The SMILES string of the molecule is Nc1cc(F)c(F)cc1C=CCC=O. The lowest BCUT2D eigenvalue weighted by atomic mass is 10.1. The maximum Gasteiger partial charge on any atom is 0.160 e. The molecule has 0 saturated heterocycles. The fourth-order valence-electron chi connectivity index (χ4n) is 0.973. The Morgan fingerprint density at radius 3 is 2.57 bits per heavy atom. The summed E-state index contributed by atoms with van der Waals surface area (Å²) >= 11 is 0. The van der Waals surface area contributed by atoms with Crippen molar-refractivity contribution in [2.45, 2.75) is 6.42 Å². The number of rotatable bonds is 3. The lowest BCUT2D eigenvalue weighted by Crippen LogP contribution is -1.93. The maximum atomic E-state index is 12.7. The Kier molecular flexibility index (Phi) is 3.34. The van der Waals surface area contributed by atoms with E-state index in [4.69, 9.17) is 5.73 Å². The molecule has 0 atom stereocenters. The van der Waals surface area contributed by atoms with Gasteiger partial charge in [-0.05, 0) is 6.07 Å². The van der Waals surface area contributed by atoms with Crippen LogP contribution in [0.4, 0.5) is 14.5 Å². The average Bonchev–Trinajstić information content (AvgIpc) is 2.14. The molecule has 0 fully saturated rings. The molecule has 0 amide bonds. The highest BCUT2D eigenvalue weighted by atomic mass is 19.2. The number of anilines is 1. The van der Waals surface area contributed by atoms with Gasteiger partial charge in [0, 0.05) is 23.7 Å². The predicted octanol–water partition coefficient (Wildman–Crippen LogP) is 2.15. The molecule has 0 bridgehead atoms. The van der Waals surface area contributed by atoms with Crippen molar-refractivity contribution >= 4 is 18.0 Å². The van der Waals surface area contributed by atoms with Crippen LogP contribution in [0, 0.1) is 11.6 Å². The molecular formula is C10H9F2NO. The third kappa shape index (κ3) is 2.39. The van der Waals surface area contributed by atoms with Gasteiger partial charge in [-0.3, -0.25) is 0 Å². The lowest BCUT2D eigenvalue weighted by Gasteiger charge is -2.00. The fourth-order valence-corrected chi connectivity index (χ4v) is 0.973. The smallest absolute Gasteiger partial charge is 0.160 e. The van der Waals surface area contributed by atoms with Gasteiger partial charge in [0.15, 0.2) is 11.6 Å². The van der Waals surface area contributed by atoms with Crippen molar-refractivity contribution in [2.75, 3.05) is 5.73 Å². The summed E-state index contributed by atoms with van der Waals surface area (Å²) in [4.78, 5) is 9.98. The molecule has 2 N–H and O–H groups in total. The van der Waals surface area contributed by atoms with E-state index in [0.29, 0.717) is 11.8 Å². The molecule has 0 unspecified atom stereocenters. The third-order valence-corrected chi connectivity index (χ3v) is 1.66. The first-order valence-corrected chi connectivity index (χ1v) is 4.00. The molecular weight excluding hydrogens is 188 g/mol. The highest BCUT2D eigenvalue weighted by molar-refractivity contribution is 5.66. The van der Waals surface area contributed by atoms with Crippen LogP contribution in [0.5, 0.6) is 0 Å². The van der Waals surface area contributed by atoms with E-state index in [1.54, 1.807) is 0 Å². The van der Waals surface area contributed by atoms with Crippen molar-refractivity contribution in [3.63, 3.8) is 0 Å². The van der Waals surface area contributed by atoms with Crippen molar-refractivity contribution in [3.05, 3.63) is 35.4 Å². The zero-order chi connectivity index (χ0) is 10.6. The second kappa shape index (κ2) is 4.50. The molecule has 0 heterocycles. The number of hydrogen-bond acceptors (Lipinski definition) is 2. The Morgan fingerprint density at radius 2 is 1.93 bits per heavy atom. The Hall–Kier alpha value is -1.71. The first-order valence-electron chi connectivity index (χ1n) is 4.00. The molecule has 0 aliphatic heterocycles. The van der Waals surface area contributed by atoms with E-state index < -0.39 is 11.6 Å². The van der Waals surface area contributed by atoms with E-state index >= 15 is 0 Å². The summed E-state index contributed by atoms with van der Waals surface area (Å²) in [7, 11) is 0. The molecule has 1 aromatic carbocycles. The van der Waals surface area contributed by atoms with Crippen LogP contribution in [0.1, 0.15) is 12.0 Å². The molecule has 0 spiro atoms. The minimum Gasteiger partial charge on any atom is -0.398 e. The summed E-state index contributed by atoms with van der Waals surface area (Å²) in [6, 6.07) is 1.90. The van der Waals surface area contributed by atoms with Gasteiger partial charge in [-0.25, -0.2) is 8.78 Å². The number of carbonyl (C=O) groups is 1. The largest absolute Gasteiger partial charge is 0.398 e. The molecule has 74 valence electrons. The van der Waals surface area contributed by atoms with Crippen LogP contribution in [0.3, 0.4) is 0 Å². The van der Waals surface area contributed by atoms with Crippen LogP contribution < -0.4 is 5.73 Å². The fraction of sp³-hybridized carbons (Fsp3) is 0.100. The van der Waals surface area contributed by atoms with Gasteiger partial charge < -0.3 is 10.5 Å². The lowest BCUT2D eigenvalue weighted by molar-refractivity contribution is -0.107. The molecule has 2 nitrogen and oxygen atoms in total. The summed E-state index contributed by atoms with van der Waals surface area (Å²) in [5, 5.41) is 0. The van der Waals surface area contributed by atoms with Gasteiger partial charge in [0.05, 0.1) is 0 Å². The second-order valence-corrected chi connectivity index (χ2v) is 2.70. The minimum absolute atomic E-state index is 0.144. The standard InChI is InChI=1S/C10H9F2NO/c11-8-5-7(3-1-2-4-14)10(13)6-9(8)12/h1,3-6H,2,13H2. The molecule has 0 saturated carbocycles. The Morgan fingerprint density at radius 1 is 1.29 bits per heavy atom. The topological polar surface area (TPSA) is 43.1 Å². The normalized spacial score (nSPS) is 10.7. The van der Waals surface area contributed by atoms with Crippen LogP contribution in [-0.4, -0.2) is 6.29 Å². The van der Waals surface area contributed by atoms with Crippen LogP contribution in [0.15, 0.2) is 18.2 Å². The number of hydrogen-bond donors (Lipinski definition) is 1. The predicted molar refractivity (Wildman–Crippen MR) is 50.5 cm³/mol. The average molecular weight is 197 g/mol. The molecule has 1 rings (SSSR count). The van der Waals surface area contributed by atoms with E-state index in [1.807, 2.05) is 0 Å². The molecule has 0 radical (unpaired) electrons. The summed E-state index contributed by atoms with van der Waals surface area (Å²) in [6.45, 7) is 0. The number of benzene rings is 1. The molecule has 1 aromatic rings. The van der Waals surface area contributed by atoms with Gasteiger partial charge in [0.1, 0.15) is 6.29 Å². The highest BCUT2D eigenvalue weighted by Crippen LogP contribution is 2.18. The van der Waals surface area contributed by atoms with Crippen molar-refractivity contribution in [2.24, 2.45) is 0 Å². The summed E-state index contributed by atoms with van der Waals surface area (Å²) in [5.41, 5.74) is 5.94. The minimum atomic E-state index is -0.977. The van der Waals surface area contributed by atoms with Crippen LogP contribution in [-0.2, 0) is 4.79 Å². The summed E-state index contributed by atoms with van der Waals surface area (Å²) < 4.78 is 25.3.